The van der Waals surface area contributed by atoms with E-state index in [9.17, 15) is 14.3 Å². The largest absolute Gasteiger partial charge is 0.473 e. The Bertz CT molecular complexity index is 1810. The molecule has 0 atom stereocenters. The molecule has 0 aliphatic carbocycles. The first-order valence-electron chi connectivity index (χ1n) is 13.2. The van der Waals surface area contributed by atoms with E-state index in [-0.39, 0.29) is 36.6 Å². The van der Waals surface area contributed by atoms with Crippen molar-refractivity contribution in [2.45, 2.75) is 26.0 Å². The molecule has 8 nitrogen and oxygen atoms in total. The fraction of sp³-hybridized carbons (Fsp3) is 0.188. The zero-order valence-corrected chi connectivity index (χ0v) is 22.7. The number of aliphatic hydroxyl groups excluding tert-OH is 1. The molecule has 2 heterocycles. The van der Waals surface area contributed by atoms with Gasteiger partial charge < -0.3 is 19.1 Å². The van der Waals surface area contributed by atoms with Crippen LogP contribution in [-0.2, 0) is 24.3 Å². The van der Waals surface area contributed by atoms with Gasteiger partial charge in [0.05, 0.1) is 41.0 Å². The average Bonchev–Trinajstić information content (AvgIpc) is 3.35. The van der Waals surface area contributed by atoms with Gasteiger partial charge in [0.25, 0.3) is 0 Å². The summed E-state index contributed by atoms with van der Waals surface area (Å²) in [4.78, 5) is 21.2. The number of methoxy groups -OCH3 is 1. The minimum atomic E-state index is -0.545. The van der Waals surface area contributed by atoms with Crippen molar-refractivity contribution in [3.8, 4) is 23.2 Å². The van der Waals surface area contributed by atoms with Gasteiger partial charge in [0.2, 0.25) is 5.88 Å². The number of hydrogen-bond donors (Lipinski definition) is 1. The molecule has 42 heavy (non-hydrogen) atoms. The average molecular weight is 569 g/mol. The van der Waals surface area contributed by atoms with Crippen LogP contribution in [0.5, 0.6) is 5.88 Å². The first-order chi connectivity index (χ1) is 20.4. The number of aryl methyl sites for hydroxylation is 1. The lowest BCUT2D eigenvalue weighted by Crippen LogP contribution is -2.08. The van der Waals surface area contributed by atoms with Crippen LogP contribution in [0.3, 0.4) is 0 Å². The number of imidazole rings is 1. The van der Waals surface area contributed by atoms with Crippen molar-refractivity contribution in [2.24, 2.45) is 0 Å². The Labute approximate surface area is 240 Å². The highest BCUT2D eigenvalue weighted by Gasteiger charge is 2.17. The van der Waals surface area contributed by atoms with Crippen LogP contribution in [0.15, 0.2) is 72.8 Å². The van der Waals surface area contributed by atoms with Crippen LogP contribution in [0.4, 0.5) is 8.78 Å². The highest BCUT2D eigenvalue weighted by atomic mass is 19.1. The summed E-state index contributed by atoms with van der Waals surface area (Å²) in [6.07, 6.45) is 0.650. The summed E-state index contributed by atoms with van der Waals surface area (Å²) in [6, 6.07) is 20.9. The third-order valence-electron chi connectivity index (χ3n) is 6.77. The molecule has 0 spiro atoms. The van der Waals surface area contributed by atoms with Gasteiger partial charge >= 0.3 is 5.97 Å². The van der Waals surface area contributed by atoms with Crippen molar-refractivity contribution in [1.82, 2.24) is 14.5 Å². The highest BCUT2D eigenvalue weighted by Crippen LogP contribution is 2.26. The minimum Gasteiger partial charge on any atom is -0.473 e. The zero-order chi connectivity index (χ0) is 29.6. The van der Waals surface area contributed by atoms with Crippen LogP contribution in [-0.4, -0.2) is 39.3 Å². The van der Waals surface area contributed by atoms with Gasteiger partial charge in [-0.2, -0.15) is 5.26 Å². The Morgan fingerprint density at radius 3 is 2.55 bits per heavy atom. The van der Waals surface area contributed by atoms with Gasteiger partial charge in [-0.1, -0.05) is 24.3 Å². The number of nitrogens with zero attached hydrogens (tertiary/aromatic N) is 4. The molecule has 0 amide bonds. The number of benzene rings is 3. The molecule has 5 aromatic rings. The van der Waals surface area contributed by atoms with Crippen LogP contribution >= 0.6 is 0 Å². The van der Waals surface area contributed by atoms with Crippen molar-refractivity contribution >= 4 is 17.0 Å². The first kappa shape index (κ1) is 28.4. The number of ether oxygens (including phenoxy) is 2. The van der Waals surface area contributed by atoms with Crippen molar-refractivity contribution in [3.63, 3.8) is 0 Å². The van der Waals surface area contributed by atoms with Gasteiger partial charge in [0, 0.05) is 36.8 Å². The second-order valence-electron chi connectivity index (χ2n) is 9.50. The van der Waals surface area contributed by atoms with Crippen LogP contribution in [0.2, 0.25) is 0 Å². The molecule has 2 aromatic heterocycles. The number of nitriles is 1. The maximum atomic E-state index is 15.4. The Morgan fingerprint density at radius 1 is 1.00 bits per heavy atom. The number of hydrogen-bond acceptors (Lipinski definition) is 7. The molecule has 0 radical (unpaired) electrons. The Morgan fingerprint density at radius 2 is 1.81 bits per heavy atom. The van der Waals surface area contributed by atoms with Crippen molar-refractivity contribution in [1.29, 1.82) is 5.26 Å². The molecule has 0 unspecified atom stereocenters. The number of rotatable bonds is 10. The molecule has 0 aliphatic heterocycles. The molecular weight excluding hydrogens is 542 g/mol. The fourth-order valence-corrected chi connectivity index (χ4v) is 4.59. The van der Waals surface area contributed by atoms with Crippen LogP contribution < -0.4 is 4.74 Å². The third-order valence-corrected chi connectivity index (χ3v) is 6.77. The third kappa shape index (κ3) is 6.11. The van der Waals surface area contributed by atoms with E-state index in [1.54, 1.807) is 48.5 Å². The number of aliphatic hydroxyl groups is 1. The van der Waals surface area contributed by atoms with E-state index < -0.39 is 17.6 Å². The Hall–Kier alpha value is -5.14. The minimum absolute atomic E-state index is 0.0307. The number of pyridine rings is 1. The molecule has 0 aliphatic rings. The first-order valence-corrected chi connectivity index (χ1v) is 13.2. The van der Waals surface area contributed by atoms with Crippen LogP contribution in [0, 0.1) is 23.0 Å². The predicted octanol–water partition coefficient (Wildman–Crippen LogP) is 5.59. The van der Waals surface area contributed by atoms with E-state index in [1.165, 1.54) is 25.3 Å². The van der Waals surface area contributed by atoms with Crippen molar-refractivity contribution in [2.75, 3.05) is 13.7 Å². The quantitative estimate of drug-likeness (QED) is 0.219. The summed E-state index contributed by atoms with van der Waals surface area (Å²) >= 11 is 0. The lowest BCUT2D eigenvalue weighted by molar-refractivity contribution is 0.0601. The molecule has 212 valence electrons. The summed E-state index contributed by atoms with van der Waals surface area (Å²) in [7, 11) is 1.31. The van der Waals surface area contributed by atoms with Gasteiger partial charge in [-0.3, -0.25) is 0 Å². The van der Waals surface area contributed by atoms with Gasteiger partial charge in [-0.25, -0.2) is 23.5 Å². The molecule has 0 saturated carbocycles. The molecule has 0 fully saturated rings. The van der Waals surface area contributed by atoms with E-state index in [0.29, 0.717) is 52.2 Å². The highest BCUT2D eigenvalue weighted by molar-refractivity contribution is 5.93. The maximum Gasteiger partial charge on any atom is 0.337 e. The van der Waals surface area contributed by atoms with Gasteiger partial charge in [0.15, 0.2) is 0 Å². The SMILES string of the molecule is COC(=O)c1ccc2nc(Cc3ccc(-c4cccc(OCc5ccc(C#N)cc5F)n4)cc3F)n(CCCO)c2c1. The molecule has 0 bridgehead atoms. The predicted molar refractivity (Wildman–Crippen MR) is 151 cm³/mol. The van der Waals surface area contributed by atoms with Gasteiger partial charge in [-0.15, -0.1) is 0 Å². The van der Waals surface area contributed by atoms with Crippen molar-refractivity contribution in [3.05, 3.63) is 113 Å². The molecule has 3 aromatic carbocycles. The molecule has 5 rings (SSSR count). The van der Waals surface area contributed by atoms with E-state index in [1.807, 2.05) is 10.6 Å². The van der Waals surface area contributed by atoms with Crippen LogP contribution in [0.1, 0.15) is 39.3 Å². The number of fused-ring (bicyclic) bond motifs is 1. The monoisotopic (exact) mass is 568 g/mol. The summed E-state index contributed by atoms with van der Waals surface area (Å²) in [5.74, 6) is -0.632. The fourth-order valence-electron chi connectivity index (χ4n) is 4.59. The summed E-state index contributed by atoms with van der Waals surface area (Å²) in [5, 5.41) is 18.3. The number of esters is 1. The van der Waals surface area contributed by atoms with Gasteiger partial charge in [0.1, 0.15) is 24.1 Å². The van der Waals surface area contributed by atoms with Gasteiger partial charge in [-0.05, 0) is 54.4 Å². The number of carbonyl (C=O) groups excluding carboxylic acids is 1. The smallest absolute Gasteiger partial charge is 0.337 e. The summed E-state index contributed by atoms with van der Waals surface area (Å²) in [6.45, 7) is 0.326. The second-order valence-corrected chi connectivity index (χ2v) is 9.50. The van der Waals surface area contributed by atoms with E-state index in [0.717, 1.165) is 6.07 Å². The normalized spacial score (nSPS) is 10.9. The Kier molecular flexibility index (Phi) is 8.50. The second kappa shape index (κ2) is 12.6. The Balaban J connectivity index is 1.37. The molecular formula is C32H26F2N4O4. The lowest BCUT2D eigenvalue weighted by Gasteiger charge is -2.11. The maximum absolute atomic E-state index is 15.4. The van der Waals surface area contributed by atoms with Crippen LogP contribution in [0.25, 0.3) is 22.3 Å². The molecule has 1 N–H and O–H groups in total. The lowest BCUT2D eigenvalue weighted by atomic mass is 10.1. The summed E-state index contributed by atoms with van der Waals surface area (Å²) in [5.41, 5.74) is 3.63. The van der Waals surface area contributed by atoms with E-state index in [4.69, 9.17) is 14.7 Å². The molecule has 0 saturated heterocycles. The molecule has 10 heteroatoms. The number of halogens is 2. The van der Waals surface area contributed by atoms with E-state index in [2.05, 4.69) is 9.97 Å². The zero-order valence-electron chi connectivity index (χ0n) is 22.7. The van der Waals surface area contributed by atoms with Crippen molar-refractivity contribution < 1.29 is 28.2 Å². The number of aromatic nitrogens is 3. The number of carbonyl (C=O) groups is 1. The standard InChI is InChI=1S/C32H26F2N4O4/c1-41-32(40)23-10-11-28-29(16-23)38(12-3-13-39)30(36-28)17-21-8-9-22(15-26(21)34)27-4-2-5-31(37-27)42-19-24-7-6-20(18-35)14-25(24)33/h2,4-11,14-16,39H,3,12-13,17,19H2,1H3. The van der Waals surface area contributed by atoms with E-state index >= 15 is 4.39 Å². The summed E-state index contributed by atoms with van der Waals surface area (Å²) < 4.78 is 42.0. The topological polar surface area (TPSA) is 110 Å².